The Hall–Kier alpha value is -1.32. The van der Waals surface area contributed by atoms with E-state index in [0.29, 0.717) is 17.7 Å². The highest BCUT2D eigenvalue weighted by molar-refractivity contribution is 5.47. The van der Waals surface area contributed by atoms with Gasteiger partial charge in [-0.3, -0.25) is 0 Å². The van der Waals surface area contributed by atoms with Crippen LogP contribution in [-0.2, 0) is 0 Å². The fourth-order valence-corrected chi connectivity index (χ4v) is 1.53. The first-order valence-electron chi connectivity index (χ1n) is 5.56. The van der Waals surface area contributed by atoms with Crippen molar-refractivity contribution < 1.29 is 0 Å². The second-order valence-electron chi connectivity index (χ2n) is 5.35. The third-order valence-electron chi connectivity index (χ3n) is 3.04. The summed E-state index contributed by atoms with van der Waals surface area (Å²) in [5.74, 6) is 2.12. The van der Waals surface area contributed by atoms with E-state index in [2.05, 4.69) is 42.6 Å². The average Bonchev–Trinajstić information content (AvgIpc) is 2.12. The molecule has 1 aromatic heterocycles. The highest BCUT2D eigenvalue weighted by atomic mass is 15.2. The zero-order valence-corrected chi connectivity index (χ0v) is 11.1. The van der Waals surface area contributed by atoms with Gasteiger partial charge in [0.25, 0.3) is 0 Å². The average molecular weight is 222 g/mol. The Bertz CT molecular complexity index is 348. The first-order valence-corrected chi connectivity index (χ1v) is 5.56. The number of nitrogen functional groups attached to an aromatic ring is 1. The monoisotopic (exact) mass is 222 g/mol. The quantitative estimate of drug-likeness (QED) is 0.833. The van der Waals surface area contributed by atoms with E-state index >= 15 is 0 Å². The number of hydrogen-bond acceptors (Lipinski definition) is 4. The molecule has 0 aliphatic carbocycles. The molecule has 4 nitrogen and oxygen atoms in total. The van der Waals surface area contributed by atoms with Crippen LogP contribution in [0, 0.1) is 12.3 Å². The molecular formula is C12H22N4. The van der Waals surface area contributed by atoms with Crippen LogP contribution in [0.25, 0.3) is 0 Å². The standard InChI is InChI=1S/C12H22N4/c1-8(12(3,4)5)16(6)11-7-10(13)14-9(2)15-11/h7-8H,1-6H3,(H2,13,14,15). The molecular weight excluding hydrogens is 200 g/mol. The summed E-state index contributed by atoms with van der Waals surface area (Å²) in [5.41, 5.74) is 5.93. The van der Waals surface area contributed by atoms with Crippen molar-refractivity contribution in [3.63, 3.8) is 0 Å². The van der Waals surface area contributed by atoms with Gasteiger partial charge < -0.3 is 10.6 Å². The third-order valence-corrected chi connectivity index (χ3v) is 3.04. The van der Waals surface area contributed by atoms with Crippen LogP contribution in [0.15, 0.2) is 6.07 Å². The molecule has 1 aromatic rings. The molecule has 0 aromatic carbocycles. The molecule has 0 spiro atoms. The van der Waals surface area contributed by atoms with E-state index < -0.39 is 0 Å². The number of rotatable bonds is 2. The van der Waals surface area contributed by atoms with Crippen molar-refractivity contribution in [2.75, 3.05) is 17.7 Å². The van der Waals surface area contributed by atoms with Crippen molar-refractivity contribution in [2.45, 2.75) is 40.7 Å². The smallest absolute Gasteiger partial charge is 0.134 e. The van der Waals surface area contributed by atoms with Gasteiger partial charge in [0, 0.05) is 19.2 Å². The summed E-state index contributed by atoms with van der Waals surface area (Å²) in [6.07, 6.45) is 0. The number of hydrogen-bond donors (Lipinski definition) is 1. The van der Waals surface area contributed by atoms with Gasteiger partial charge in [-0.15, -0.1) is 0 Å². The van der Waals surface area contributed by atoms with Crippen LogP contribution in [0.3, 0.4) is 0 Å². The maximum atomic E-state index is 5.73. The number of anilines is 2. The molecule has 1 atom stereocenters. The molecule has 0 radical (unpaired) electrons. The summed E-state index contributed by atoms with van der Waals surface area (Å²) in [6.45, 7) is 10.7. The highest BCUT2D eigenvalue weighted by Gasteiger charge is 2.25. The van der Waals surface area contributed by atoms with Crippen molar-refractivity contribution >= 4 is 11.6 Å². The van der Waals surface area contributed by atoms with Gasteiger partial charge in [-0.2, -0.15) is 0 Å². The van der Waals surface area contributed by atoms with Crippen LogP contribution in [0.4, 0.5) is 11.6 Å². The van der Waals surface area contributed by atoms with E-state index in [1.54, 1.807) is 0 Å². The predicted molar refractivity (Wildman–Crippen MR) is 68.5 cm³/mol. The lowest BCUT2D eigenvalue weighted by Crippen LogP contribution is -2.40. The van der Waals surface area contributed by atoms with Crippen molar-refractivity contribution in [1.29, 1.82) is 0 Å². The molecule has 0 aliphatic heterocycles. The van der Waals surface area contributed by atoms with Crippen molar-refractivity contribution in [1.82, 2.24) is 9.97 Å². The lowest BCUT2D eigenvalue weighted by atomic mass is 9.87. The number of aromatic nitrogens is 2. The van der Waals surface area contributed by atoms with Crippen LogP contribution in [0.5, 0.6) is 0 Å². The van der Waals surface area contributed by atoms with Crippen LogP contribution in [-0.4, -0.2) is 23.1 Å². The first-order chi connectivity index (χ1) is 7.21. The molecule has 0 bridgehead atoms. The Morgan fingerprint density at radius 2 is 1.88 bits per heavy atom. The van der Waals surface area contributed by atoms with Crippen LogP contribution < -0.4 is 10.6 Å². The Morgan fingerprint density at radius 3 is 2.31 bits per heavy atom. The predicted octanol–water partition coefficient (Wildman–Crippen LogP) is 2.24. The topological polar surface area (TPSA) is 55.0 Å². The molecule has 0 saturated heterocycles. The Labute approximate surface area is 97.9 Å². The Balaban J connectivity index is 3.00. The SMILES string of the molecule is Cc1nc(N)cc(N(C)C(C)C(C)(C)C)n1. The molecule has 2 N–H and O–H groups in total. The molecule has 16 heavy (non-hydrogen) atoms. The second-order valence-corrected chi connectivity index (χ2v) is 5.35. The van der Waals surface area contributed by atoms with Gasteiger partial charge in [0.15, 0.2) is 0 Å². The molecule has 90 valence electrons. The van der Waals surface area contributed by atoms with Crippen LogP contribution in [0.2, 0.25) is 0 Å². The first kappa shape index (κ1) is 12.7. The van der Waals surface area contributed by atoms with E-state index in [-0.39, 0.29) is 5.41 Å². The minimum absolute atomic E-state index is 0.197. The number of nitrogens with two attached hydrogens (primary N) is 1. The van der Waals surface area contributed by atoms with Crippen molar-refractivity contribution in [3.8, 4) is 0 Å². The van der Waals surface area contributed by atoms with Crippen LogP contribution in [0.1, 0.15) is 33.5 Å². The molecule has 1 rings (SSSR count). The molecule has 0 amide bonds. The molecule has 1 heterocycles. The summed E-state index contributed by atoms with van der Waals surface area (Å²) >= 11 is 0. The highest BCUT2D eigenvalue weighted by Crippen LogP contribution is 2.26. The molecule has 0 fully saturated rings. The summed E-state index contributed by atoms with van der Waals surface area (Å²) in [6, 6.07) is 2.19. The fourth-order valence-electron chi connectivity index (χ4n) is 1.53. The van der Waals surface area contributed by atoms with E-state index in [1.165, 1.54) is 0 Å². The lowest BCUT2D eigenvalue weighted by Gasteiger charge is -2.36. The molecule has 1 unspecified atom stereocenters. The van der Waals surface area contributed by atoms with Crippen molar-refractivity contribution in [3.05, 3.63) is 11.9 Å². The van der Waals surface area contributed by atoms with Crippen LogP contribution >= 0.6 is 0 Å². The fraction of sp³-hybridized carbons (Fsp3) is 0.667. The molecule has 0 aliphatic rings. The van der Waals surface area contributed by atoms with E-state index in [0.717, 1.165) is 5.82 Å². The van der Waals surface area contributed by atoms with Crippen molar-refractivity contribution in [2.24, 2.45) is 5.41 Å². The minimum atomic E-state index is 0.197. The van der Waals surface area contributed by atoms with E-state index in [1.807, 2.05) is 20.0 Å². The van der Waals surface area contributed by atoms with Gasteiger partial charge in [-0.1, -0.05) is 20.8 Å². The normalized spacial score (nSPS) is 13.6. The van der Waals surface area contributed by atoms with Gasteiger partial charge in [-0.05, 0) is 19.3 Å². The number of nitrogens with zero attached hydrogens (tertiary/aromatic N) is 3. The largest absolute Gasteiger partial charge is 0.384 e. The lowest BCUT2D eigenvalue weighted by molar-refractivity contribution is 0.328. The molecule has 4 heteroatoms. The Kier molecular flexibility index (Phi) is 3.41. The van der Waals surface area contributed by atoms with Gasteiger partial charge in [-0.25, -0.2) is 9.97 Å². The maximum Gasteiger partial charge on any atom is 0.134 e. The maximum absolute atomic E-state index is 5.73. The van der Waals surface area contributed by atoms with E-state index in [4.69, 9.17) is 5.73 Å². The van der Waals surface area contributed by atoms with Gasteiger partial charge >= 0.3 is 0 Å². The summed E-state index contributed by atoms with van der Waals surface area (Å²) < 4.78 is 0. The minimum Gasteiger partial charge on any atom is -0.384 e. The third kappa shape index (κ3) is 2.84. The van der Waals surface area contributed by atoms with Gasteiger partial charge in [0.1, 0.15) is 17.5 Å². The van der Waals surface area contributed by atoms with Gasteiger partial charge in [0.05, 0.1) is 0 Å². The van der Waals surface area contributed by atoms with E-state index in [9.17, 15) is 0 Å². The van der Waals surface area contributed by atoms with Gasteiger partial charge in [0.2, 0.25) is 0 Å². The zero-order valence-electron chi connectivity index (χ0n) is 11.1. The summed E-state index contributed by atoms with van der Waals surface area (Å²) in [5, 5.41) is 0. The number of aryl methyl sites for hydroxylation is 1. The zero-order chi connectivity index (χ0) is 12.5. The molecule has 0 saturated carbocycles. The second kappa shape index (κ2) is 4.28. The summed E-state index contributed by atoms with van der Waals surface area (Å²) in [4.78, 5) is 10.6. The Morgan fingerprint density at radius 1 is 1.31 bits per heavy atom. The summed E-state index contributed by atoms with van der Waals surface area (Å²) in [7, 11) is 2.04.